The van der Waals surface area contributed by atoms with Gasteiger partial charge in [-0.05, 0) is 36.7 Å². The Morgan fingerprint density at radius 1 is 1.14 bits per heavy atom. The van der Waals surface area contributed by atoms with E-state index in [1.165, 1.54) is 11.3 Å². The predicted octanol–water partition coefficient (Wildman–Crippen LogP) is 2.96. The number of aromatic amines is 1. The Labute approximate surface area is 177 Å². The van der Waals surface area contributed by atoms with Gasteiger partial charge in [-0.2, -0.15) is 5.10 Å². The summed E-state index contributed by atoms with van der Waals surface area (Å²) in [5, 5.41) is 9.00. The Morgan fingerprint density at radius 2 is 1.90 bits per heavy atom. The lowest BCUT2D eigenvalue weighted by Gasteiger charge is -2.34. The normalized spacial score (nSPS) is 14.2. The first kappa shape index (κ1) is 19.5. The van der Waals surface area contributed by atoms with Crippen LogP contribution in [0.25, 0.3) is 11.4 Å². The highest BCUT2D eigenvalue weighted by Crippen LogP contribution is 2.19. The third-order valence-electron chi connectivity index (χ3n) is 4.98. The van der Waals surface area contributed by atoms with Gasteiger partial charge in [-0.3, -0.25) is 19.3 Å². The summed E-state index contributed by atoms with van der Waals surface area (Å²) in [5.41, 5.74) is 2.03. The molecule has 0 unspecified atom stereocenters. The quantitative estimate of drug-likeness (QED) is 0.650. The van der Waals surface area contributed by atoms with Crippen molar-refractivity contribution in [3.8, 4) is 11.4 Å². The Hall–Kier alpha value is -2.78. The van der Waals surface area contributed by atoms with Crippen molar-refractivity contribution in [2.24, 2.45) is 0 Å². The van der Waals surface area contributed by atoms with Crippen LogP contribution < -0.4 is 0 Å². The van der Waals surface area contributed by atoms with Crippen LogP contribution in [0.3, 0.4) is 0 Å². The van der Waals surface area contributed by atoms with E-state index >= 15 is 0 Å². The number of hydrogen-bond donors (Lipinski definition) is 1. The van der Waals surface area contributed by atoms with Crippen LogP contribution in [0.1, 0.15) is 15.2 Å². The number of carbonyl (C=O) groups is 2. The van der Waals surface area contributed by atoms with Gasteiger partial charge in [0.2, 0.25) is 5.91 Å². The van der Waals surface area contributed by atoms with Crippen LogP contribution >= 0.6 is 23.6 Å². The molecule has 4 rings (SSSR count). The van der Waals surface area contributed by atoms with Crippen molar-refractivity contribution in [3.05, 3.63) is 57.0 Å². The van der Waals surface area contributed by atoms with Crippen molar-refractivity contribution in [2.45, 2.75) is 13.5 Å². The second kappa shape index (κ2) is 8.30. The fraction of sp³-hybridized carbons (Fsp3) is 0.300. The minimum atomic E-state index is -0.0281. The van der Waals surface area contributed by atoms with E-state index in [0.29, 0.717) is 36.8 Å². The van der Waals surface area contributed by atoms with E-state index in [2.05, 4.69) is 10.2 Å². The van der Waals surface area contributed by atoms with E-state index < -0.39 is 0 Å². The van der Waals surface area contributed by atoms with E-state index in [0.717, 1.165) is 16.0 Å². The highest BCUT2D eigenvalue weighted by Gasteiger charge is 2.26. The molecule has 1 aromatic carbocycles. The molecule has 7 nitrogen and oxygen atoms in total. The number of amides is 2. The van der Waals surface area contributed by atoms with Gasteiger partial charge in [-0.25, -0.2) is 0 Å². The molecule has 0 atom stereocenters. The summed E-state index contributed by atoms with van der Waals surface area (Å²) in [6, 6.07) is 11.6. The first-order chi connectivity index (χ1) is 14.0. The number of aryl methyl sites for hydroxylation is 1. The second-order valence-electron chi connectivity index (χ2n) is 6.96. The number of thiophene rings is 1. The summed E-state index contributed by atoms with van der Waals surface area (Å²) in [5.74, 6) is 0.657. The van der Waals surface area contributed by atoms with Crippen LogP contribution in [-0.4, -0.2) is 62.6 Å². The minimum Gasteiger partial charge on any atom is -0.338 e. The van der Waals surface area contributed by atoms with Gasteiger partial charge in [-0.15, -0.1) is 11.3 Å². The van der Waals surface area contributed by atoms with Crippen molar-refractivity contribution in [1.29, 1.82) is 0 Å². The molecule has 0 spiro atoms. The number of benzene rings is 1. The zero-order valence-corrected chi connectivity index (χ0v) is 17.6. The van der Waals surface area contributed by atoms with E-state index in [1.54, 1.807) is 14.4 Å². The number of carbonyl (C=O) groups excluding carboxylic acids is 2. The van der Waals surface area contributed by atoms with Crippen LogP contribution in [0.2, 0.25) is 0 Å². The summed E-state index contributed by atoms with van der Waals surface area (Å²) in [6.45, 7) is 4.23. The van der Waals surface area contributed by atoms with Gasteiger partial charge in [0.25, 0.3) is 5.91 Å². The lowest BCUT2D eigenvalue weighted by atomic mass is 10.1. The van der Waals surface area contributed by atoms with Crippen molar-refractivity contribution in [1.82, 2.24) is 24.6 Å². The molecular weight excluding hydrogens is 406 g/mol. The molecule has 2 aromatic heterocycles. The van der Waals surface area contributed by atoms with Gasteiger partial charge in [0.05, 0.1) is 4.88 Å². The molecular formula is C20H21N5O2S2. The lowest BCUT2D eigenvalue weighted by molar-refractivity contribution is -0.133. The topological polar surface area (TPSA) is 74.2 Å². The SMILES string of the molecule is Cc1cccc(-c2n[nH]c(=S)n2CC(=O)N2CCN(C(=O)c3cccs3)CC2)c1. The highest BCUT2D eigenvalue weighted by atomic mass is 32.1. The molecule has 0 radical (unpaired) electrons. The number of piperazine rings is 1. The molecule has 3 aromatic rings. The smallest absolute Gasteiger partial charge is 0.264 e. The maximum Gasteiger partial charge on any atom is 0.264 e. The lowest BCUT2D eigenvalue weighted by Crippen LogP contribution is -2.51. The maximum absolute atomic E-state index is 12.9. The van der Waals surface area contributed by atoms with E-state index in [1.807, 2.05) is 48.7 Å². The molecule has 0 aliphatic carbocycles. The first-order valence-corrected chi connectivity index (χ1v) is 10.6. The average molecular weight is 428 g/mol. The Bertz CT molecular complexity index is 1080. The number of nitrogens with one attached hydrogen (secondary N) is 1. The standard InChI is InChI=1S/C20H21N5O2S2/c1-14-4-2-5-15(12-14)18-21-22-20(28)25(18)13-17(26)23-7-9-24(10-8-23)19(27)16-6-3-11-29-16/h2-6,11-12H,7-10,13H2,1H3,(H,22,28). The molecule has 1 saturated heterocycles. The van der Waals surface area contributed by atoms with Crippen LogP contribution in [0.15, 0.2) is 41.8 Å². The van der Waals surface area contributed by atoms with Gasteiger partial charge < -0.3 is 9.80 Å². The Balaban J connectivity index is 1.43. The molecule has 3 heterocycles. The van der Waals surface area contributed by atoms with Crippen LogP contribution in [0.4, 0.5) is 0 Å². The summed E-state index contributed by atoms with van der Waals surface area (Å²) in [6.07, 6.45) is 0. The van der Waals surface area contributed by atoms with Crippen LogP contribution in [0.5, 0.6) is 0 Å². The third kappa shape index (κ3) is 4.15. The molecule has 0 saturated carbocycles. The predicted molar refractivity (Wildman–Crippen MR) is 114 cm³/mol. The summed E-state index contributed by atoms with van der Waals surface area (Å²) >= 11 is 6.79. The number of aromatic nitrogens is 3. The van der Waals surface area contributed by atoms with Gasteiger partial charge in [-0.1, -0.05) is 29.8 Å². The minimum absolute atomic E-state index is 0.0281. The number of nitrogens with zero attached hydrogens (tertiary/aromatic N) is 4. The largest absolute Gasteiger partial charge is 0.338 e. The van der Waals surface area contributed by atoms with E-state index in [4.69, 9.17) is 12.2 Å². The zero-order valence-electron chi connectivity index (χ0n) is 16.0. The third-order valence-corrected chi connectivity index (χ3v) is 6.15. The average Bonchev–Trinajstić information content (AvgIpc) is 3.38. The maximum atomic E-state index is 12.9. The summed E-state index contributed by atoms with van der Waals surface area (Å²) in [7, 11) is 0. The number of rotatable bonds is 4. The monoisotopic (exact) mass is 427 g/mol. The van der Waals surface area contributed by atoms with Gasteiger partial charge in [0, 0.05) is 31.7 Å². The first-order valence-electron chi connectivity index (χ1n) is 9.36. The molecule has 1 aliphatic heterocycles. The Morgan fingerprint density at radius 3 is 2.59 bits per heavy atom. The highest BCUT2D eigenvalue weighted by molar-refractivity contribution is 7.71. The number of hydrogen-bond acceptors (Lipinski definition) is 5. The summed E-state index contributed by atoms with van der Waals surface area (Å²) < 4.78 is 2.15. The van der Waals surface area contributed by atoms with Crippen molar-refractivity contribution < 1.29 is 9.59 Å². The molecule has 150 valence electrons. The van der Waals surface area contributed by atoms with Gasteiger partial charge in [0.1, 0.15) is 6.54 Å². The van der Waals surface area contributed by atoms with Gasteiger partial charge >= 0.3 is 0 Å². The fourth-order valence-corrected chi connectivity index (χ4v) is 4.31. The van der Waals surface area contributed by atoms with Crippen LogP contribution in [0, 0.1) is 11.7 Å². The summed E-state index contributed by atoms with van der Waals surface area (Å²) in [4.78, 5) is 29.7. The molecule has 1 fully saturated rings. The van der Waals surface area contributed by atoms with Gasteiger partial charge in [0.15, 0.2) is 10.6 Å². The van der Waals surface area contributed by atoms with E-state index in [9.17, 15) is 9.59 Å². The molecule has 1 aliphatic rings. The van der Waals surface area contributed by atoms with E-state index in [-0.39, 0.29) is 18.4 Å². The van der Waals surface area contributed by atoms with Crippen molar-refractivity contribution >= 4 is 35.4 Å². The Kier molecular flexibility index (Phi) is 5.59. The molecule has 29 heavy (non-hydrogen) atoms. The molecule has 2 amide bonds. The molecule has 9 heteroatoms. The molecule has 0 bridgehead atoms. The zero-order chi connectivity index (χ0) is 20.4. The fourth-order valence-electron chi connectivity index (χ4n) is 3.42. The van der Waals surface area contributed by atoms with Crippen LogP contribution in [-0.2, 0) is 11.3 Å². The molecule has 1 N–H and O–H groups in total. The van der Waals surface area contributed by atoms with Crippen molar-refractivity contribution in [2.75, 3.05) is 26.2 Å². The van der Waals surface area contributed by atoms with Crippen molar-refractivity contribution in [3.63, 3.8) is 0 Å². The number of H-pyrrole nitrogens is 1. The second-order valence-corrected chi connectivity index (χ2v) is 8.29.